The number of nitrogens with zero attached hydrogens (tertiary/aromatic N) is 2. The van der Waals surface area contributed by atoms with Crippen molar-refractivity contribution in [2.75, 3.05) is 25.6 Å². The van der Waals surface area contributed by atoms with Crippen LogP contribution in [0.5, 0.6) is 5.75 Å². The molecule has 12 heteroatoms. The molecule has 1 amide bonds. The first-order valence-electron chi connectivity index (χ1n) is 10.1. The van der Waals surface area contributed by atoms with Crippen LogP contribution in [-0.2, 0) is 14.8 Å². The van der Waals surface area contributed by atoms with Gasteiger partial charge >= 0.3 is 0 Å². The highest BCUT2D eigenvalue weighted by atomic mass is 35.5. The molecule has 9 nitrogen and oxygen atoms in total. The van der Waals surface area contributed by atoms with Gasteiger partial charge in [-0.2, -0.15) is 4.31 Å². The van der Waals surface area contributed by atoms with Crippen molar-refractivity contribution in [3.05, 3.63) is 47.0 Å². The topological polar surface area (TPSA) is 110 Å². The van der Waals surface area contributed by atoms with Gasteiger partial charge in [0.1, 0.15) is 11.3 Å². The standard InChI is InChI=1S/C21H23ClN4O5S2/c1-12-10-26(11-13(2)31-12)33(28,29)15-6-4-14(5-7-15)20(27)24-25-21-23-18-17(30-3)9-8-16(22)19(18)32-21/h4-9,12-13H,10-11H2,1-3H3,(H,23,25)(H,24,27)/t12-,13+. The number of fused-ring (bicyclic) bond motifs is 1. The van der Waals surface area contributed by atoms with Gasteiger partial charge in [-0.25, -0.2) is 13.4 Å². The second-order valence-electron chi connectivity index (χ2n) is 7.63. The Morgan fingerprint density at radius 1 is 1.18 bits per heavy atom. The highest BCUT2D eigenvalue weighted by Gasteiger charge is 2.32. The maximum atomic E-state index is 13.0. The Morgan fingerprint density at radius 2 is 1.85 bits per heavy atom. The minimum absolute atomic E-state index is 0.126. The lowest BCUT2D eigenvalue weighted by Gasteiger charge is -2.34. The molecular formula is C21H23ClN4O5S2. The maximum absolute atomic E-state index is 13.0. The first-order chi connectivity index (χ1) is 15.7. The fourth-order valence-corrected chi connectivity index (χ4v) is 6.31. The molecule has 1 aromatic heterocycles. The fraction of sp³-hybridized carbons (Fsp3) is 0.333. The van der Waals surface area contributed by atoms with E-state index in [1.165, 1.54) is 39.9 Å². The molecule has 33 heavy (non-hydrogen) atoms. The summed E-state index contributed by atoms with van der Waals surface area (Å²) < 4.78 is 39.0. The summed E-state index contributed by atoms with van der Waals surface area (Å²) in [4.78, 5) is 17.1. The van der Waals surface area contributed by atoms with E-state index < -0.39 is 15.9 Å². The van der Waals surface area contributed by atoms with E-state index in [1.54, 1.807) is 19.2 Å². The van der Waals surface area contributed by atoms with E-state index in [1.807, 2.05) is 13.8 Å². The Kier molecular flexibility index (Phi) is 6.78. The van der Waals surface area contributed by atoms with Crippen molar-refractivity contribution >= 4 is 54.2 Å². The van der Waals surface area contributed by atoms with Crippen LogP contribution in [0.1, 0.15) is 24.2 Å². The SMILES string of the molecule is COc1ccc(Cl)c2sc(NNC(=O)c3ccc(S(=O)(=O)N4C[C@@H](C)O[C@@H](C)C4)cc3)nc12. The van der Waals surface area contributed by atoms with Gasteiger partial charge in [0.2, 0.25) is 15.2 Å². The van der Waals surface area contributed by atoms with Crippen LogP contribution < -0.4 is 15.6 Å². The zero-order chi connectivity index (χ0) is 23.8. The van der Waals surface area contributed by atoms with Gasteiger partial charge in [0.25, 0.3) is 5.91 Å². The van der Waals surface area contributed by atoms with Crippen LogP contribution in [-0.4, -0.2) is 56.0 Å². The number of benzene rings is 2. The molecule has 1 fully saturated rings. The molecule has 0 radical (unpaired) electrons. The van der Waals surface area contributed by atoms with Gasteiger partial charge in [-0.1, -0.05) is 22.9 Å². The second-order valence-corrected chi connectivity index (χ2v) is 11.0. The van der Waals surface area contributed by atoms with E-state index in [2.05, 4.69) is 15.8 Å². The van der Waals surface area contributed by atoms with Crippen molar-refractivity contribution in [3.8, 4) is 5.75 Å². The van der Waals surface area contributed by atoms with Gasteiger partial charge < -0.3 is 9.47 Å². The summed E-state index contributed by atoms with van der Waals surface area (Å²) in [6.07, 6.45) is -0.367. The number of hydrogen-bond donors (Lipinski definition) is 2. The van der Waals surface area contributed by atoms with Crippen molar-refractivity contribution in [1.82, 2.24) is 14.7 Å². The molecule has 0 bridgehead atoms. The minimum Gasteiger partial charge on any atom is -0.494 e. The number of methoxy groups -OCH3 is 1. The molecule has 2 N–H and O–H groups in total. The maximum Gasteiger partial charge on any atom is 0.269 e. The lowest BCUT2D eigenvalue weighted by molar-refractivity contribution is -0.0440. The highest BCUT2D eigenvalue weighted by molar-refractivity contribution is 7.89. The molecule has 1 aliphatic heterocycles. The van der Waals surface area contributed by atoms with Crippen LogP contribution >= 0.6 is 22.9 Å². The van der Waals surface area contributed by atoms with E-state index in [4.69, 9.17) is 21.1 Å². The lowest BCUT2D eigenvalue weighted by Crippen LogP contribution is -2.48. The van der Waals surface area contributed by atoms with Crippen molar-refractivity contribution in [1.29, 1.82) is 0 Å². The number of rotatable bonds is 6. The Bertz CT molecular complexity index is 1270. The molecule has 1 saturated heterocycles. The van der Waals surface area contributed by atoms with Crippen LogP contribution in [0.4, 0.5) is 5.13 Å². The smallest absolute Gasteiger partial charge is 0.269 e. The largest absolute Gasteiger partial charge is 0.494 e. The molecule has 4 rings (SSSR count). The van der Waals surface area contributed by atoms with E-state index >= 15 is 0 Å². The van der Waals surface area contributed by atoms with Crippen LogP contribution in [0.3, 0.4) is 0 Å². The average molecular weight is 511 g/mol. The Balaban J connectivity index is 1.45. The summed E-state index contributed by atoms with van der Waals surface area (Å²) in [5.41, 5.74) is 6.22. The Morgan fingerprint density at radius 3 is 2.48 bits per heavy atom. The van der Waals surface area contributed by atoms with Gasteiger partial charge in [0, 0.05) is 18.7 Å². The number of morpholine rings is 1. The molecule has 0 aliphatic carbocycles. The van der Waals surface area contributed by atoms with E-state index in [0.717, 1.165) is 4.70 Å². The Hall–Kier alpha value is -2.44. The number of hydrogen-bond acceptors (Lipinski definition) is 8. The van der Waals surface area contributed by atoms with Crippen LogP contribution in [0.15, 0.2) is 41.3 Å². The zero-order valence-corrected chi connectivity index (χ0v) is 20.6. The molecule has 0 spiro atoms. The van der Waals surface area contributed by atoms with Crippen molar-refractivity contribution in [2.24, 2.45) is 0 Å². The third-order valence-corrected chi connectivity index (χ3v) is 8.38. The number of thiazole rings is 1. The number of carbonyl (C=O) groups excluding carboxylic acids is 1. The molecule has 176 valence electrons. The molecule has 2 aromatic carbocycles. The number of ether oxygens (including phenoxy) is 2. The predicted octanol–water partition coefficient (Wildman–Crippen LogP) is 3.51. The van der Waals surface area contributed by atoms with Crippen molar-refractivity contribution in [2.45, 2.75) is 31.0 Å². The number of aromatic nitrogens is 1. The van der Waals surface area contributed by atoms with Crippen LogP contribution in [0, 0.1) is 0 Å². The summed E-state index contributed by atoms with van der Waals surface area (Å²) in [6, 6.07) is 9.23. The fourth-order valence-electron chi connectivity index (χ4n) is 3.61. The van der Waals surface area contributed by atoms with Gasteiger partial charge in [0.05, 0.1) is 33.9 Å². The summed E-state index contributed by atoms with van der Waals surface area (Å²) in [5.74, 6) is 0.135. The number of sulfonamides is 1. The van der Waals surface area contributed by atoms with Crippen molar-refractivity contribution in [3.63, 3.8) is 0 Å². The summed E-state index contributed by atoms with van der Waals surface area (Å²) >= 11 is 7.49. The third-order valence-electron chi connectivity index (χ3n) is 5.10. The zero-order valence-electron chi connectivity index (χ0n) is 18.2. The molecule has 2 atom stereocenters. The number of nitrogens with one attached hydrogen (secondary N) is 2. The number of halogens is 1. The quantitative estimate of drug-likeness (QED) is 0.488. The third kappa shape index (κ3) is 4.92. The van der Waals surface area contributed by atoms with Gasteiger partial charge in [-0.15, -0.1) is 0 Å². The molecule has 0 saturated carbocycles. The van der Waals surface area contributed by atoms with Crippen LogP contribution in [0.25, 0.3) is 10.2 Å². The monoisotopic (exact) mass is 510 g/mol. The van der Waals surface area contributed by atoms with Gasteiger partial charge in [0.15, 0.2) is 0 Å². The van der Waals surface area contributed by atoms with E-state index in [0.29, 0.717) is 27.0 Å². The number of amides is 1. The molecule has 2 heterocycles. The molecule has 0 unspecified atom stereocenters. The van der Waals surface area contributed by atoms with E-state index in [9.17, 15) is 13.2 Å². The predicted molar refractivity (Wildman–Crippen MR) is 127 cm³/mol. The number of anilines is 1. The van der Waals surface area contributed by atoms with Gasteiger partial charge in [-0.3, -0.25) is 15.6 Å². The lowest BCUT2D eigenvalue weighted by atomic mass is 10.2. The summed E-state index contributed by atoms with van der Waals surface area (Å²) in [7, 11) is -2.14. The Labute approximate surface area is 200 Å². The minimum atomic E-state index is -3.68. The summed E-state index contributed by atoms with van der Waals surface area (Å²) in [6.45, 7) is 4.26. The molecule has 3 aromatic rings. The normalized spacial score (nSPS) is 19.4. The first kappa shape index (κ1) is 23.7. The molecule has 1 aliphatic rings. The molecular weight excluding hydrogens is 488 g/mol. The summed E-state index contributed by atoms with van der Waals surface area (Å²) in [5, 5.41) is 0.961. The second kappa shape index (κ2) is 9.43. The average Bonchev–Trinajstić information content (AvgIpc) is 3.22. The first-order valence-corrected chi connectivity index (χ1v) is 12.8. The number of hydrazine groups is 1. The van der Waals surface area contributed by atoms with E-state index in [-0.39, 0.29) is 30.2 Å². The van der Waals surface area contributed by atoms with Crippen molar-refractivity contribution < 1.29 is 22.7 Å². The van der Waals surface area contributed by atoms with Crippen LogP contribution in [0.2, 0.25) is 5.02 Å². The van der Waals surface area contributed by atoms with Gasteiger partial charge in [-0.05, 0) is 50.2 Å². The highest BCUT2D eigenvalue weighted by Crippen LogP contribution is 2.37. The number of carbonyl (C=O) groups is 1.